The number of allylic oxidation sites excluding steroid dienone is 2. The van der Waals surface area contributed by atoms with Crippen molar-refractivity contribution in [3.05, 3.63) is 11.6 Å². The number of fused-ring (bicyclic) bond motifs is 7. The molecule has 12 atom stereocenters. The standard InChI is InChI=1S/C38H58O9/c1-22(39)44-20-33(5)19-27-26-11-12-29-35(7)15-14-30(43)36(8,21-45-23(2)40)28(35)13-16-38(29,10)37(26,9)18-17-34(27,6)32(47-25(4)42)31(33)46-24(3)41/h11,27-32,43H,12-21H2,1-10H3/t27-,28+,29+,30-,31-,32+,33+,34+,35-,36+,37+,38+/m0/s1. The molecular formula is C38H58O9. The largest absolute Gasteiger partial charge is 0.465 e. The van der Waals surface area contributed by atoms with Gasteiger partial charge in [0, 0.05) is 43.9 Å². The Labute approximate surface area is 280 Å². The molecule has 0 saturated heterocycles. The Morgan fingerprint density at radius 1 is 0.723 bits per heavy atom. The zero-order valence-electron chi connectivity index (χ0n) is 30.3. The van der Waals surface area contributed by atoms with E-state index in [1.165, 1.54) is 33.3 Å². The van der Waals surface area contributed by atoms with Gasteiger partial charge in [0.05, 0.1) is 12.7 Å². The lowest BCUT2D eigenvalue weighted by Gasteiger charge is -2.72. The minimum Gasteiger partial charge on any atom is -0.465 e. The zero-order valence-corrected chi connectivity index (χ0v) is 30.3. The maximum Gasteiger partial charge on any atom is 0.303 e. The lowest BCUT2D eigenvalue weighted by Crippen LogP contribution is -2.68. The lowest BCUT2D eigenvalue weighted by molar-refractivity contribution is -0.241. The predicted molar refractivity (Wildman–Crippen MR) is 175 cm³/mol. The Hall–Kier alpha value is -2.42. The van der Waals surface area contributed by atoms with Crippen LogP contribution in [0, 0.1) is 50.2 Å². The van der Waals surface area contributed by atoms with Crippen molar-refractivity contribution in [3.63, 3.8) is 0 Å². The van der Waals surface area contributed by atoms with Gasteiger partial charge in [-0.3, -0.25) is 19.2 Å². The monoisotopic (exact) mass is 658 g/mol. The van der Waals surface area contributed by atoms with E-state index in [1.807, 2.05) is 6.92 Å². The van der Waals surface area contributed by atoms with E-state index in [9.17, 15) is 24.3 Å². The molecule has 5 aliphatic rings. The van der Waals surface area contributed by atoms with Gasteiger partial charge in [-0.25, -0.2) is 0 Å². The number of rotatable bonds is 6. The van der Waals surface area contributed by atoms with E-state index in [0.717, 1.165) is 38.5 Å². The fourth-order valence-electron chi connectivity index (χ4n) is 12.0. The molecule has 5 rings (SSSR count). The molecule has 5 aliphatic carbocycles. The van der Waals surface area contributed by atoms with Crippen LogP contribution >= 0.6 is 0 Å². The van der Waals surface area contributed by atoms with E-state index in [1.54, 1.807) is 0 Å². The molecule has 264 valence electrons. The first-order chi connectivity index (χ1) is 21.7. The third-order valence-corrected chi connectivity index (χ3v) is 14.7. The third kappa shape index (κ3) is 5.45. The molecule has 4 saturated carbocycles. The average Bonchev–Trinajstić information content (AvgIpc) is 2.96. The van der Waals surface area contributed by atoms with Crippen LogP contribution in [0.15, 0.2) is 11.6 Å². The number of esters is 4. The Bertz CT molecular complexity index is 1340. The van der Waals surface area contributed by atoms with Gasteiger partial charge in [0.2, 0.25) is 0 Å². The second-order valence-corrected chi connectivity index (χ2v) is 17.4. The maximum atomic E-state index is 12.6. The second kappa shape index (κ2) is 11.9. The van der Waals surface area contributed by atoms with Gasteiger partial charge in [-0.15, -0.1) is 0 Å². The highest BCUT2D eigenvalue weighted by Gasteiger charge is 2.71. The molecule has 0 spiro atoms. The minimum absolute atomic E-state index is 0.0173. The van der Waals surface area contributed by atoms with Gasteiger partial charge in [-0.05, 0) is 85.4 Å². The molecule has 47 heavy (non-hydrogen) atoms. The molecule has 0 heterocycles. The van der Waals surface area contributed by atoms with E-state index < -0.39 is 52.5 Å². The van der Waals surface area contributed by atoms with E-state index in [0.29, 0.717) is 18.8 Å². The van der Waals surface area contributed by atoms with Gasteiger partial charge in [-0.2, -0.15) is 0 Å². The van der Waals surface area contributed by atoms with Gasteiger partial charge in [0.25, 0.3) is 0 Å². The first-order valence-corrected chi connectivity index (χ1v) is 17.7. The van der Waals surface area contributed by atoms with Crippen LogP contribution in [0.25, 0.3) is 0 Å². The average molecular weight is 659 g/mol. The first-order valence-electron chi connectivity index (χ1n) is 17.7. The molecule has 1 N–H and O–H groups in total. The Balaban J connectivity index is 1.58. The Morgan fingerprint density at radius 2 is 1.32 bits per heavy atom. The number of carbonyl (C=O) groups is 4. The molecule has 0 bridgehead atoms. The third-order valence-electron chi connectivity index (χ3n) is 14.7. The van der Waals surface area contributed by atoms with Crippen molar-refractivity contribution in [2.75, 3.05) is 13.2 Å². The zero-order chi connectivity index (χ0) is 35.0. The van der Waals surface area contributed by atoms with Crippen molar-refractivity contribution in [1.29, 1.82) is 0 Å². The lowest BCUT2D eigenvalue weighted by atomic mass is 9.33. The fraction of sp³-hybridized carbons (Fsp3) is 0.842. The normalized spacial score (nSPS) is 47.1. The van der Waals surface area contributed by atoms with Crippen molar-refractivity contribution in [2.45, 2.75) is 139 Å². The number of hydrogen-bond acceptors (Lipinski definition) is 9. The summed E-state index contributed by atoms with van der Waals surface area (Å²) >= 11 is 0. The second-order valence-electron chi connectivity index (χ2n) is 17.4. The van der Waals surface area contributed by atoms with Crippen LogP contribution in [0.1, 0.15) is 121 Å². The Morgan fingerprint density at radius 3 is 1.91 bits per heavy atom. The SMILES string of the molecule is CC(=O)OC[C@@]1(C)C[C@H]2C3=CC[C@@H]4[C@@]5(C)CC[C@H](O)[C@](C)(COC(C)=O)[C@@H]5CC[C@@]4(C)[C@]3(C)CC[C@@]2(C)[C@H](OC(C)=O)[C@@H]1OC(C)=O. The summed E-state index contributed by atoms with van der Waals surface area (Å²) in [7, 11) is 0. The van der Waals surface area contributed by atoms with Crippen molar-refractivity contribution < 1.29 is 43.2 Å². The van der Waals surface area contributed by atoms with Gasteiger partial charge >= 0.3 is 23.9 Å². The maximum absolute atomic E-state index is 12.6. The van der Waals surface area contributed by atoms with E-state index in [4.69, 9.17) is 18.9 Å². The smallest absolute Gasteiger partial charge is 0.303 e. The molecule has 4 fully saturated rings. The molecular weight excluding hydrogens is 600 g/mol. The number of aliphatic hydroxyl groups excluding tert-OH is 1. The predicted octanol–water partition coefficient (Wildman–Crippen LogP) is 6.34. The van der Waals surface area contributed by atoms with Crippen LogP contribution in [0.3, 0.4) is 0 Å². The van der Waals surface area contributed by atoms with Crippen molar-refractivity contribution in [3.8, 4) is 0 Å². The van der Waals surface area contributed by atoms with Crippen molar-refractivity contribution in [1.82, 2.24) is 0 Å². The number of ether oxygens (including phenoxy) is 4. The molecule has 9 heteroatoms. The number of carbonyl (C=O) groups excluding carboxylic acids is 4. The molecule has 0 aromatic heterocycles. The fourth-order valence-corrected chi connectivity index (χ4v) is 12.0. The molecule has 9 nitrogen and oxygen atoms in total. The van der Waals surface area contributed by atoms with Crippen molar-refractivity contribution >= 4 is 23.9 Å². The quantitative estimate of drug-likeness (QED) is 0.198. The minimum atomic E-state index is -0.778. The van der Waals surface area contributed by atoms with E-state index in [2.05, 4.69) is 40.7 Å². The van der Waals surface area contributed by atoms with Crippen LogP contribution < -0.4 is 0 Å². The highest BCUT2D eigenvalue weighted by atomic mass is 16.6. The summed E-state index contributed by atoms with van der Waals surface area (Å²) in [6, 6.07) is 0. The Kier molecular flexibility index (Phi) is 9.06. The topological polar surface area (TPSA) is 125 Å². The summed E-state index contributed by atoms with van der Waals surface area (Å²) in [4.78, 5) is 49.1. The van der Waals surface area contributed by atoms with E-state index >= 15 is 0 Å². The van der Waals surface area contributed by atoms with E-state index in [-0.39, 0.29) is 47.3 Å². The van der Waals surface area contributed by atoms with Crippen LogP contribution in [0.2, 0.25) is 0 Å². The summed E-state index contributed by atoms with van der Waals surface area (Å²) in [5.41, 5.74) is -0.629. The molecule has 0 aliphatic heterocycles. The van der Waals surface area contributed by atoms with Crippen LogP contribution in [-0.4, -0.2) is 60.5 Å². The summed E-state index contributed by atoms with van der Waals surface area (Å²) in [5, 5.41) is 11.3. The van der Waals surface area contributed by atoms with Gasteiger partial charge < -0.3 is 24.1 Å². The summed E-state index contributed by atoms with van der Waals surface area (Å²) < 4.78 is 23.4. The molecule has 0 unspecified atom stereocenters. The van der Waals surface area contributed by atoms with Gasteiger partial charge in [0.1, 0.15) is 18.8 Å². The number of aliphatic hydroxyl groups is 1. The van der Waals surface area contributed by atoms with Crippen molar-refractivity contribution in [2.24, 2.45) is 50.2 Å². The highest BCUT2D eigenvalue weighted by Crippen LogP contribution is 2.76. The van der Waals surface area contributed by atoms with Gasteiger partial charge in [0.15, 0.2) is 0 Å². The van der Waals surface area contributed by atoms with Crippen LogP contribution in [0.4, 0.5) is 0 Å². The highest BCUT2D eigenvalue weighted by molar-refractivity contribution is 5.68. The molecule has 0 amide bonds. The van der Waals surface area contributed by atoms with Gasteiger partial charge in [-0.1, -0.05) is 53.2 Å². The first kappa shape index (κ1) is 35.9. The molecule has 0 aromatic carbocycles. The van der Waals surface area contributed by atoms with Crippen LogP contribution in [-0.2, 0) is 38.1 Å². The summed E-state index contributed by atoms with van der Waals surface area (Å²) in [6.07, 6.45) is 7.24. The molecule has 0 aromatic rings. The van der Waals surface area contributed by atoms with Crippen LogP contribution in [0.5, 0.6) is 0 Å². The molecule has 0 radical (unpaired) electrons. The summed E-state index contributed by atoms with van der Waals surface area (Å²) in [5.74, 6) is -1.01. The summed E-state index contributed by atoms with van der Waals surface area (Å²) in [6.45, 7) is 19.5. The number of hydrogen-bond donors (Lipinski definition) is 1.